The summed E-state index contributed by atoms with van der Waals surface area (Å²) in [6.45, 7) is 5.92. The van der Waals surface area contributed by atoms with Gasteiger partial charge in [-0.1, -0.05) is 29.3 Å². The summed E-state index contributed by atoms with van der Waals surface area (Å²) in [5.41, 5.74) is 10.3. The number of amides is 1. The highest BCUT2D eigenvalue weighted by atomic mass is 35.5. The van der Waals surface area contributed by atoms with Gasteiger partial charge in [0, 0.05) is 5.69 Å². The molecule has 0 atom stereocenters. The number of carbonyl (C=O) groups excluding carboxylic acids is 1. The van der Waals surface area contributed by atoms with Crippen molar-refractivity contribution in [1.29, 1.82) is 0 Å². The first kappa shape index (κ1) is 14.3. The fourth-order valence-electron chi connectivity index (χ4n) is 2.18. The number of pyridine rings is 1. The summed E-state index contributed by atoms with van der Waals surface area (Å²) in [4.78, 5) is 16.2. The van der Waals surface area contributed by atoms with Crippen LogP contribution < -0.4 is 11.1 Å². The molecule has 20 heavy (non-hydrogen) atoms. The Morgan fingerprint density at radius 1 is 1.20 bits per heavy atom. The van der Waals surface area contributed by atoms with E-state index in [-0.39, 0.29) is 16.6 Å². The van der Waals surface area contributed by atoms with Crippen LogP contribution in [-0.4, -0.2) is 10.9 Å². The van der Waals surface area contributed by atoms with Crippen LogP contribution in [0.3, 0.4) is 0 Å². The van der Waals surface area contributed by atoms with Crippen LogP contribution in [-0.2, 0) is 0 Å². The molecule has 0 spiro atoms. The van der Waals surface area contributed by atoms with Crippen LogP contribution in [0.4, 0.5) is 11.4 Å². The molecular formula is C15H16ClN3O. The molecule has 1 amide bonds. The van der Waals surface area contributed by atoms with Crippen molar-refractivity contribution in [2.24, 2.45) is 0 Å². The van der Waals surface area contributed by atoms with Gasteiger partial charge in [0.05, 0.1) is 17.4 Å². The van der Waals surface area contributed by atoms with Crippen molar-refractivity contribution in [3.63, 3.8) is 0 Å². The first-order valence-corrected chi connectivity index (χ1v) is 6.56. The standard InChI is InChI=1S/C15H16ClN3O/c1-8-4-9(2)13(10(3)5-8)19-15(20)12-6-11(17)7-18-14(12)16/h4-7H,17H2,1-3H3,(H,19,20). The molecule has 0 aliphatic carbocycles. The van der Waals surface area contributed by atoms with Gasteiger partial charge in [0.2, 0.25) is 0 Å². The van der Waals surface area contributed by atoms with Crippen molar-refractivity contribution in [2.45, 2.75) is 20.8 Å². The molecule has 0 aliphatic heterocycles. The van der Waals surface area contributed by atoms with Crippen LogP contribution in [0.25, 0.3) is 0 Å². The van der Waals surface area contributed by atoms with Gasteiger partial charge >= 0.3 is 0 Å². The Balaban J connectivity index is 2.35. The predicted molar refractivity (Wildman–Crippen MR) is 82.3 cm³/mol. The Hall–Kier alpha value is -2.07. The first-order chi connectivity index (χ1) is 9.38. The number of hydrogen-bond donors (Lipinski definition) is 2. The number of aryl methyl sites for hydroxylation is 3. The molecule has 1 heterocycles. The largest absolute Gasteiger partial charge is 0.397 e. The van der Waals surface area contributed by atoms with Crippen LogP contribution in [0.5, 0.6) is 0 Å². The molecule has 0 bridgehead atoms. The molecule has 104 valence electrons. The molecule has 1 aromatic heterocycles. The maximum atomic E-state index is 12.3. The number of nitrogen functional groups attached to an aromatic ring is 1. The molecule has 2 rings (SSSR count). The monoisotopic (exact) mass is 289 g/mol. The molecule has 0 saturated carbocycles. The van der Waals surface area contributed by atoms with E-state index in [1.165, 1.54) is 12.3 Å². The third-order valence-electron chi connectivity index (χ3n) is 3.02. The van der Waals surface area contributed by atoms with E-state index in [2.05, 4.69) is 10.3 Å². The SMILES string of the molecule is Cc1cc(C)c(NC(=O)c2cc(N)cnc2Cl)c(C)c1. The lowest BCUT2D eigenvalue weighted by Gasteiger charge is -2.13. The van der Waals surface area contributed by atoms with Crippen molar-refractivity contribution in [3.8, 4) is 0 Å². The van der Waals surface area contributed by atoms with Crippen LogP contribution in [0, 0.1) is 20.8 Å². The number of rotatable bonds is 2. The lowest BCUT2D eigenvalue weighted by molar-refractivity contribution is 0.102. The molecule has 2 aromatic rings. The van der Waals surface area contributed by atoms with Crippen molar-refractivity contribution in [3.05, 3.63) is 51.8 Å². The molecule has 0 fully saturated rings. The van der Waals surface area contributed by atoms with E-state index in [9.17, 15) is 4.79 Å². The van der Waals surface area contributed by atoms with Crippen LogP contribution in [0.15, 0.2) is 24.4 Å². The molecule has 0 unspecified atom stereocenters. The van der Waals surface area contributed by atoms with Gasteiger partial charge in [0.1, 0.15) is 5.15 Å². The second-order valence-electron chi connectivity index (χ2n) is 4.83. The topological polar surface area (TPSA) is 68.0 Å². The number of halogens is 1. The molecule has 0 aliphatic rings. The molecule has 0 saturated heterocycles. The number of nitrogens with one attached hydrogen (secondary N) is 1. The minimum absolute atomic E-state index is 0.138. The third kappa shape index (κ3) is 2.91. The summed E-state index contributed by atoms with van der Waals surface area (Å²) in [7, 11) is 0. The van der Waals surface area contributed by atoms with Crippen molar-refractivity contribution in [1.82, 2.24) is 4.98 Å². The van der Waals surface area contributed by atoms with E-state index in [4.69, 9.17) is 17.3 Å². The van der Waals surface area contributed by atoms with E-state index in [1.807, 2.05) is 32.9 Å². The molecule has 0 radical (unpaired) electrons. The second-order valence-corrected chi connectivity index (χ2v) is 5.19. The smallest absolute Gasteiger partial charge is 0.258 e. The molecular weight excluding hydrogens is 274 g/mol. The van der Waals surface area contributed by atoms with E-state index in [0.717, 1.165) is 22.4 Å². The quantitative estimate of drug-likeness (QED) is 0.832. The Labute approximate surface area is 123 Å². The summed E-state index contributed by atoms with van der Waals surface area (Å²) in [5.74, 6) is -0.315. The van der Waals surface area contributed by atoms with Gasteiger partial charge in [-0.3, -0.25) is 4.79 Å². The number of nitrogens with zero attached hydrogens (tertiary/aromatic N) is 1. The fourth-order valence-corrected chi connectivity index (χ4v) is 2.37. The Kier molecular flexibility index (Phi) is 3.95. The lowest BCUT2D eigenvalue weighted by atomic mass is 10.0. The zero-order valence-electron chi connectivity index (χ0n) is 11.6. The fraction of sp³-hybridized carbons (Fsp3) is 0.200. The van der Waals surface area contributed by atoms with E-state index in [0.29, 0.717) is 5.69 Å². The zero-order valence-corrected chi connectivity index (χ0v) is 12.4. The summed E-state index contributed by atoms with van der Waals surface area (Å²) >= 11 is 5.93. The van der Waals surface area contributed by atoms with Gasteiger partial charge in [-0.05, 0) is 38.0 Å². The maximum Gasteiger partial charge on any atom is 0.258 e. The number of anilines is 2. The van der Waals surface area contributed by atoms with Gasteiger partial charge in [-0.15, -0.1) is 0 Å². The average Bonchev–Trinajstić information content (AvgIpc) is 2.36. The Morgan fingerprint density at radius 2 is 1.80 bits per heavy atom. The predicted octanol–water partition coefficient (Wildman–Crippen LogP) is 3.49. The van der Waals surface area contributed by atoms with Crippen molar-refractivity contribution >= 4 is 28.9 Å². The number of carbonyl (C=O) groups is 1. The van der Waals surface area contributed by atoms with E-state index < -0.39 is 0 Å². The normalized spacial score (nSPS) is 10.4. The molecule has 5 heteroatoms. The summed E-state index contributed by atoms with van der Waals surface area (Å²) < 4.78 is 0. The van der Waals surface area contributed by atoms with Crippen LogP contribution >= 0.6 is 11.6 Å². The second kappa shape index (κ2) is 5.51. The Morgan fingerprint density at radius 3 is 2.40 bits per heavy atom. The van der Waals surface area contributed by atoms with Gasteiger partial charge in [0.25, 0.3) is 5.91 Å². The molecule has 4 nitrogen and oxygen atoms in total. The van der Waals surface area contributed by atoms with Crippen molar-refractivity contribution < 1.29 is 4.79 Å². The number of benzene rings is 1. The van der Waals surface area contributed by atoms with Crippen LogP contribution in [0.2, 0.25) is 5.15 Å². The highest BCUT2D eigenvalue weighted by Gasteiger charge is 2.14. The summed E-state index contributed by atoms with van der Waals surface area (Å²) in [6, 6.07) is 5.55. The van der Waals surface area contributed by atoms with Gasteiger partial charge in [-0.2, -0.15) is 0 Å². The summed E-state index contributed by atoms with van der Waals surface area (Å²) in [6.07, 6.45) is 1.42. The maximum absolute atomic E-state index is 12.3. The highest BCUT2D eigenvalue weighted by Crippen LogP contribution is 2.24. The average molecular weight is 290 g/mol. The zero-order chi connectivity index (χ0) is 14.9. The third-order valence-corrected chi connectivity index (χ3v) is 3.32. The molecule has 1 aromatic carbocycles. The van der Waals surface area contributed by atoms with Gasteiger partial charge in [-0.25, -0.2) is 4.98 Å². The first-order valence-electron chi connectivity index (χ1n) is 6.18. The van der Waals surface area contributed by atoms with Gasteiger partial charge < -0.3 is 11.1 Å². The number of hydrogen-bond acceptors (Lipinski definition) is 3. The minimum Gasteiger partial charge on any atom is -0.397 e. The van der Waals surface area contributed by atoms with E-state index in [1.54, 1.807) is 0 Å². The lowest BCUT2D eigenvalue weighted by Crippen LogP contribution is -2.15. The van der Waals surface area contributed by atoms with Gasteiger partial charge in [0.15, 0.2) is 0 Å². The van der Waals surface area contributed by atoms with E-state index >= 15 is 0 Å². The minimum atomic E-state index is -0.315. The molecule has 3 N–H and O–H groups in total. The number of nitrogens with two attached hydrogens (primary N) is 1. The highest BCUT2D eigenvalue weighted by molar-refractivity contribution is 6.33. The van der Waals surface area contributed by atoms with Crippen LogP contribution in [0.1, 0.15) is 27.0 Å². The Bertz CT molecular complexity index is 660. The number of aromatic nitrogens is 1. The summed E-state index contributed by atoms with van der Waals surface area (Å²) in [5, 5.41) is 3.01. The van der Waals surface area contributed by atoms with Crippen molar-refractivity contribution in [2.75, 3.05) is 11.1 Å².